The number of hydrogen-bond acceptors (Lipinski definition) is 4. The summed E-state index contributed by atoms with van der Waals surface area (Å²) in [5, 5.41) is 15.9. The number of phenolic OH excluding ortho intramolecular Hbond substituents is 1. The summed E-state index contributed by atoms with van der Waals surface area (Å²) in [4.78, 5) is 4.58. The number of phenols is 1. The summed E-state index contributed by atoms with van der Waals surface area (Å²) in [5.41, 5.74) is 1.93. The van der Waals surface area contributed by atoms with Gasteiger partial charge in [0.2, 0.25) is 0 Å². The van der Waals surface area contributed by atoms with E-state index in [1.165, 1.54) is 0 Å². The zero-order chi connectivity index (χ0) is 18.6. The minimum atomic E-state index is 0. The molecule has 148 valence electrons. The highest BCUT2D eigenvalue weighted by Crippen LogP contribution is 2.17. The van der Waals surface area contributed by atoms with Gasteiger partial charge in [-0.25, -0.2) is 4.99 Å². The molecule has 27 heavy (non-hydrogen) atoms. The number of guanidine groups is 1. The van der Waals surface area contributed by atoms with Gasteiger partial charge in [-0.3, -0.25) is 0 Å². The Kier molecular flexibility index (Phi) is 11.3. The molecule has 0 fully saturated rings. The van der Waals surface area contributed by atoms with Crippen molar-refractivity contribution in [2.24, 2.45) is 4.99 Å². The number of methoxy groups -OCH3 is 1. The largest absolute Gasteiger partial charge is 0.508 e. The Morgan fingerprint density at radius 2 is 1.89 bits per heavy atom. The lowest BCUT2D eigenvalue weighted by molar-refractivity contribution is 0.172. The van der Waals surface area contributed by atoms with Crippen molar-refractivity contribution in [1.82, 2.24) is 5.32 Å². The van der Waals surface area contributed by atoms with Crippen LogP contribution in [0.25, 0.3) is 0 Å². The van der Waals surface area contributed by atoms with Crippen molar-refractivity contribution < 1.29 is 14.6 Å². The van der Waals surface area contributed by atoms with Crippen LogP contribution in [-0.4, -0.2) is 37.9 Å². The lowest BCUT2D eigenvalue weighted by atomic mass is 10.2. The van der Waals surface area contributed by atoms with Crippen LogP contribution < -0.4 is 15.4 Å². The number of halogens is 1. The van der Waals surface area contributed by atoms with Gasteiger partial charge in [0.15, 0.2) is 5.96 Å². The summed E-state index contributed by atoms with van der Waals surface area (Å²) in [6.07, 6.45) is 0.852. The van der Waals surface area contributed by atoms with Crippen LogP contribution in [0.1, 0.15) is 18.9 Å². The Hall–Kier alpha value is -2.00. The number of rotatable bonds is 9. The predicted octanol–water partition coefficient (Wildman–Crippen LogP) is 4.00. The summed E-state index contributed by atoms with van der Waals surface area (Å²) in [6.45, 7) is 4.60. The maximum atomic E-state index is 9.35. The molecule has 7 heteroatoms. The zero-order valence-electron chi connectivity index (χ0n) is 15.8. The predicted molar refractivity (Wildman–Crippen MR) is 120 cm³/mol. The summed E-state index contributed by atoms with van der Waals surface area (Å²) in [7, 11) is 1.68. The van der Waals surface area contributed by atoms with Crippen LogP contribution >= 0.6 is 24.0 Å². The number of nitrogens with one attached hydrogen (secondary N) is 2. The van der Waals surface area contributed by atoms with Gasteiger partial charge >= 0.3 is 0 Å². The fourth-order valence-electron chi connectivity index (χ4n) is 2.27. The van der Waals surface area contributed by atoms with Crippen LogP contribution in [0.2, 0.25) is 0 Å². The molecular formula is C20H28IN3O3. The van der Waals surface area contributed by atoms with Gasteiger partial charge < -0.3 is 25.2 Å². The number of aromatic hydroxyl groups is 1. The number of hydrogen-bond donors (Lipinski definition) is 3. The van der Waals surface area contributed by atoms with E-state index in [1.807, 2.05) is 43.3 Å². The molecule has 2 rings (SSSR count). The van der Waals surface area contributed by atoms with Gasteiger partial charge in [-0.15, -0.1) is 24.0 Å². The lowest BCUT2D eigenvalue weighted by Crippen LogP contribution is -2.30. The third-order valence-electron chi connectivity index (χ3n) is 3.56. The molecule has 2 aromatic carbocycles. The Morgan fingerprint density at radius 3 is 2.59 bits per heavy atom. The van der Waals surface area contributed by atoms with Gasteiger partial charge in [0.05, 0.1) is 13.2 Å². The van der Waals surface area contributed by atoms with Gasteiger partial charge in [-0.05, 0) is 36.8 Å². The highest BCUT2D eigenvalue weighted by molar-refractivity contribution is 14.0. The Bertz CT molecular complexity index is 693. The first-order chi connectivity index (χ1) is 12.7. The summed E-state index contributed by atoms with van der Waals surface area (Å²) < 4.78 is 10.7. The van der Waals surface area contributed by atoms with E-state index in [1.54, 1.807) is 19.2 Å². The molecule has 0 aliphatic rings. The second kappa shape index (κ2) is 13.2. The Morgan fingerprint density at radius 1 is 1.11 bits per heavy atom. The number of benzene rings is 2. The van der Waals surface area contributed by atoms with Crippen LogP contribution in [0.5, 0.6) is 11.5 Å². The fraction of sp³-hybridized carbons (Fsp3) is 0.350. The molecule has 0 heterocycles. The molecule has 6 nitrogen and oxygen atoms in total. The molecule has 0 aliphatic carbocycles. The van der Waals surface area contributed by atoms with Crippen molar-refractivity contribution in [3.8, 4) is 11.5 Å². The van der Waals surface area contributed by atoms with E-state index in [0.717, 1.165) is 30.0 Å². The SMILES string of the molecule is CCNC(=NCc1ccc(O)cc1)Nc1cccc(OCCCOC)c1.I. The average Bonchev–Trinajstić information content (AvgIpc) is 2.65. The van der Waals surface area contributed by atoms with Crippen LogP contribution in [0, 0.1) is 0 Å². The van der Waals surface area contributed by atoms with E-state index < -0.39 is 0 Å². The minimum absolute atomic E-state index is 0. The molecule has 0 atom stereocenters. The molecule has 0 saturated heterocycles. The Balaban J connectivity index is 0.00000364. The summed E-state index contributed by atoms with van der Waals surface area (Å²) in [6, 6.07) is 14.8. The number of anilines is 1. The molecule has 0 saturated carbocycles. The standard InChI is InChI=1S/C20H27N3O3.HI/c1-3-21-20(22-15-16-8-10-18(24)11-9-16)23-17-6-4-7-19(14-17)26-13-5-12-25-2;/h4,6-11,14,24H,3,5,12-13,15H2,1-2H3,(H2,21,22,23);1H. The van der Waals surface area contributed by atoms with Crippen molar-refractivity contribution in [2.45, 2.75) is 19.9 Å². The highest BCUT2D eigenvalue weighted by Gasteiger charge is 2.02. The van der Waals surface area contributed by atoms with Crippen LogP contribution in [0.15, 0.2) is 53.5 Å². The summed E-state index contributed by atoms with van der Waals surface area (Å²) in [5.74, 6) is 1.75. The van der Waals surface area contributed by atoms with Crippen LogP contribution in [-0.2, 0) is 11.3 Å². The Labute approximate surface area is 178 Å². The first-order valence-electron chi connectivity index (χ1n) is 8.76. The molecular weight excluding hydrogens is 457 g/mol. The topological polar surface area (TPSA) is 75.1 Å². The number of nitrogens with zero attached hydrogens (tertiary/aromatic N) is 1. The number of aliphatic imine (C=N–C) groups is 1. The normalized spacial score (nSPS) is 10.8. The molecule has 0 aromatic heterocycles. The fourth-order valence-corrected chi connectivity index (χ4v) is 2.27. The molecule has 0 radical (unpaired) electrons. The van der Waals surface area contributed by atoms with E-state index >= 15 is 0 Å². The second-order valence-corrected chi connectivity index (χ2v) is 5.71. The van der Waals surface area contributed by atoms with Crippen molar-refractivity contribution in [2.75, 3.05) is 32.2 Å². The van der Waals surface area contributed by atoms with Crippen molar-refractivity contribution >= 4 is 35.6 Å². The molecule has 0 aliphatic heterocycles. The maximum Gasteiger partial charge on any atom is 0.196 e. The van der Waals surface area contributed by atoms with Crippen molar-refractivity contribution in [1.29, 1.82) is 0 Å². The maximum absolute atomic E-state index is 9.35. The first kappa shape index (κ1) is 23.0. The molecule has 0 unspecified atom stereocenters. The van der Waals surface area contributed by atoms with Gasteiger partial charge in [0.1, 0.15) is 11.5 Å². The molecule has 0 spiro atoms. The van der Waals surface area contributed by atoms with Crippen LogP contribution in [0.3, 0.4) is 0 Å². The van der Waals surface area contributed by atoms with Crippen molar-refractivity contribution in [3.05, 3.63) is 54.1 Å². The lowest BCUT2D eigenvalue weighted by Gasteiger charge is -2.13. The molecule has 2 aromatic rings. The van der Waals surface area contributed by atoms with Gasteiger partial charge in [-0.1, -0.05) is 18.2 Å². The number of ether oxygens (including phenoxy) is 2. The quantitative estimate of drug-likeness (QED) is 0.217. The smallest absolute Gasteiger partial charge is 0.196 e. The minimum Gasteiger partial charge on any atom is -0.508 e. The van der Waals surface area contributed by atoms with Gasteiger partial charge in [-0.2, -0.15) is 0 Å². The van der Waals surface area contributed by atoms with Crippen molar-refractivity contribution in [3.63, 3.8) is 0 Å². The molecule has 0 amide bonds. The van der Waals surface area contributed by atoms with E-state index in [4.69, 9.17) is 9.47 Å². The van der Waals surface area contributed by atoms with Gasteiger partial charge in [0, 0.05) is 38.4 Å². The highest BCUT2D eigenvalue weighted by atomic mass is 127. The third-order valence-corrected chi connectivity index (χ3v) is 3.56. The summed E-state index contributed by atoms with van der Waals surface area (Å²) >= 11 is 0. The van der Waals surface area contributed by atoms with E-state index in [9.17, 15) is 5.11 Å². The van der Waals surface area contributed by atoms with Gasteiger partial charge in [0.25, 0.3) is 0 Å². The van der Waals surface area contributed by atoms with E-state index in [2.05, 4.69) is 15.6 Å². The zero-order valence-corrected chi connectivity index (χ0v) is 18.1. The molecule has 0 bridgehead atoms. The molecule has 3 N–H and O–H groups in total. The third kappa shape index (κ3) is 8.96. The first-order valence-corrected chi connectivity index (χ1v) is 8.76. The van der Waals surface area contributed by atoms with Crippen LogP contribution in [0.4, 0.5) is 5.69 Å². The van der Waals surface area contributed by atoms with E-state index in [0.29, 0.717) is 25.7 Å². The average molecular weight is 485 g/mol. The van der Waals surface area contributed by atoms with E-state index in [-0.39, 0.29) is 29.7 Å². The monoisotopic (exact) mass is 485 g/mol. The second-order valence-electron chi connectivity index (χ2n) is 5.71.